The van der Waals surface area contributed by atoms with Gasteiger partial charge in [0, 0.05) is 29.7 Å². The van der Waals surface area contributed by atoms with Gasteiger partial charge >= 0.3 is 0 Å². The van der Waals surface area contributed by atoms with Crippen molar-refractivity contribution in [2.75, 3.05) is 19.6 Å². The SMILES string of the molecule is C=C(Br)CNC1CCN(C(C)C)C1. The van der Waals surface area contributed by atoms with Crippen molar-refractivity contribution < 1.29 is 0 Å². The van der Waals surface area contributed by atoms with Gasteiger partial charge in [-0.25, -0.2) is 0 Å². The summed E-state index contributed by atoms with van der Waals surface area (Å²) in [5.74, 6) is 0. The van der Waals surface area contributed by atoms with Gasteiger partial charge < -0.3 is 5.32 Å². The average Bonchev–Trinajstić information content (AvgIpc) is 2.48. The molecule has 0 spiro atoms. The van der Waals surface area contributed by atoms with Crippen LogP contribution in [0.4, 0.5) is 0 Å². The number of likely N-dealkylation sites (tertiary alicyclic amines) is 1. The maximum atomic E-state index is 3.81. The molecule has 1 heterocycles. The van der Waals surface area contributed by atoms with Gasteiger partial charge in [-0.2, -0.15) is 0 Å². The minimum atomic E-state index is 0.650. The summed E-state index contributed by atoms with van der Waals surface area (Å²) in [7, 11) is 0. The maximum Gasteiger partial charge on any atom is 0.0268 e. The number of nitrogens with one attached hydrogen (secondary N) is 1. The van der Waals surface area contributed by atoms with Gasteiger partial charge in [0.2, 0.25) is 0 Å². The second-order valence-corrected chi connectivity index (χ2v) is 5.09. The normalized spacial score (nSPS) is 24.2. The predicted octanol–water partition coefficient (Wildman–Crippen LogP) is 1.97. The molecule has 0 aromatic carbocycles. The molecule has 0 radical (unpaired) electrons. The third-order valence-electron chi connectivity index (χ3n) is 2.53. The Hall–Kier alpha value is 0.140. The summed E-state index contributed by atoms with van der Waals surface area (Å²) < 4.78 is 1.04. The van der Waals surface area contributed by atoms with Crippen LogP contribution >= 0.6 is 15.9 Å². The number of rotatable bonds is 4. The van der Waals surface area contributed by atoms with E-state index in [9.17, 15) is 0 Å². The van der Waals surface area contributed by atoms with Crippen LogP contribution in [0.1, 0.15) is 20.3 Å². The Balaban J connectivity index is 2.21. The molecule has 1 saturated heterocycles. The number of hydrogen-bond acceptors (Lipinski definition) is 2. The van der Waals surface area contributed by atoms with Crippen LogP contribution < -0.4 is 5.32 Å². The summed E-state index contributed by atoms with van der Waals surface area (Å²) in [6.45, 7) is 11.6. The van der Waals surface area contributed by atoms with Gasteiger partial charge in [0.1, 0.15) is 0 Å². The first kappa shape index (κ1) is 11.2. The highest BCUT2D eigenvalue weighted by molar-refractivity contribution is 9.11. The Morgan fingerprint density at radius 3 is 2.85 bits per heavy atom. The van der Waals surface area contributed by atoms with Crippen LogP contribution in [0.15, 0.2) is 11.1 Å². The highest BCUT2D eigenvalue weighted by Crippen LogP contribution is 2.12. The zero-order valence-electron chi connectivity index (χ0n) is 8.52. The third kappa shape index (κ3) is 3.79. The minimum absolute atomic E-state index is 0.650. The second kappa shape index (κ2) is 5.13. The summed E-state index contributed by atoms with van der Waals surface area (Å²) in [5.41, 5.74) is 0. The smallest absolute Gasteiger partial charge is 0.0268 e. The zero-order valence-corrected chi connectivity index (χ0v) is 10.1. The van der Waals surface area contributed by atoms with E-state index in [2.05, 4.69) is 46.6 Å². The van der Waals surface area contributed by atoms with Gasteiger partial charge in [0.15, 0.2) is 0 Å². The molecule has 0 bridgehead atoms. The van der Waals surface area contributed by atoms with Gasteiger partial charge in [-0.3, -0.25) is 4.90 Å². The lowest BCUT2D eigenvalue weighted by molar-refractivity contribution is 0.269. The molecule has 0 saturated carbocycles. The minimum Gasteiger partial charge on any atom is -0.308 e. The van der Waals surface area contributed by atoms with Crippen molar-refractivity contribution in [1.82, 2.24) is 10.2 Å². The monoisotopic (exact) mass is 246 g/mol. The maximum absolute atomic E-state index is 3.81. The van der Waals surface area contributed by atoms with Crippen molar-refractivity contribution in [3.05, 3.63) is 11.1 Å². The number of hydrogen-bond donors (Lipinski definition) is 1. The lowest BCUT2D eigenvalue weighted by Crippen LogP contribution is -2.35. The lowest BCUT2D eigenvalue weighted by atomic mass is 10.2. The molecule has 1 aliphatic rings. The first-order chi connectivity index (χ1) is 6.09. The van der Waals surface area contributed by atoms with Gasteiger partial charge in [-0.05, 0) is 26.8 Å². The Labute approximate surface area is 89.5 Å². The molecule has 76 valence electrons. The Morgan fingerprint density at radius 2 is 2.38 bits per heavy atom. The molecule has 13 heavy (non-hydrogen) atoms. The number of halogens is 1. The van der Waals surface area contributed by atoms with Crippen LogP contribution in [0.5, 0.6) is 0 Å². The Bertz CT molecular complexity index is 180. The second-order valence-electron chi connectivity index (χ2n) is 3.97. The summed E-state index contributed by atoms with van der Waals surface area (Å²) in [4.78, 5) is 2.51. The average molecular weight is 247 g/mol. The van der Waals surface area contributed by atoms with E-state index in [1.165, 1.54) is 19.5 Å². The van der Waals surface area contributed by atoms with E-state index in [0.29, 0.717) is 12.1 Å². The molecule has 1 rings (SSSR count). The van der Waals surface area contributed by atoms with Crippen molar-refractivity contribution in [3.8, 4) is 0 Å². The molecule has 2 nitrogen and oxygen atoms in total. The van der Waals surface area contributed by atoms with E-state index in [0.717, 1.165) is 11.0 Å². The van der Waals surface area contributed by atoms with E-state index in [4.69, 9.17) is 0 Å². The van der Waals surface area contributed by atoms with Crippen molar-refractivity contribution in [1.29, 1.82) is 0 Å². The zero-order chi connectivity index (χ0) is 9.84. The van der Waals surface area contributed by atoms with E-state index >= 15 is 0 Å². The van der Waals surface area contributed by atoms with E-state index in [1.54, 1.807) is 0 Å². The molecule has 1 unspecified atom stereocenters. The highest BCUT2D eigenvalue weighted by atomic mass is 79.9. The lowest BCUT2D eigenvalue weighted by Gasteiger charge is -2.20. The van der Waals surface area contributed by atoms with E-state index in [-0.39, 0.29) is 0 Å². The molecule has 3 heteroatoms. The van der Waals surface area contributed by atoms with Gasteiger partial charge in [-0.15, -0.1) is 0 Å². The van der Waals surface area contributed by atoms with Gasteiger partial charge in [0.05, 0.1) is 0 Å². The van der Waals surface area contributed by atoms with Crippen molar-refractivity contribution >= 4 is 15.9 Å². The quantitative estimate of drug-likeness (QED) is 0.817. The predicted molar refractivity (Wildman–Crippen MR) is 61.2 cm³/mol. The fraction of sp³-hybridized carbons (Fsp3) is 0.800. The topological polar surface area (TPSA) is 15.3 Å². The standard InChI is InChI=1S/C10H19BrN2/c1-8(2)13-5-4-10(7-13)12-6-9(3)11/h8,10,12H,3-7H2,1-2H3. The third-order valence-corrected chi connectivity index (χ3v) is 2.81. The van der Waals surface area contributed by atoms with Crippen molar-refractivity contribution in [2.45, 2.75) is 32.4 Å². The largest absolute Gasteiger partial charge is 0.308 e. The molecule has 0 amide bonds. The van der Waals surface area contributed by atoms with Crippen LogP contribution in [0.3, 0.4) is 0 Å². The van der Waals surface area contributed by atoms with Gasteiger partial charge in [-0.1, -0.05) is 22.5 Å². The molecule has 0 aromatic rings. The van der Waals surface area contributed by atoms with Crippen molar-refractivity contribution in [2.24, 2.45) is 0 Å². The summed E-state index contributed by atoms with van der Waals surface area (Å²) in [6.07, 6.45) is 1.26. The fourth-order valence-electron chi connectivity index (χ4n) is 1.68. The van der Waals surface area contributed by atoms with Crippen LogP contribution in [0.2, 0.25) is 0 Å². The molecule has 0 aliphatic carbocycles. The summed E-state index contributed by atoms with van der Waals surface area (Å²) in [5, 5.41) is 3.48. The van der Waals surface area contributed by atoms with Crippen LogP contribution in [-0.4, -0.2) is 36.6 Å². The number of nitrogens with zero attached hydrogens (tertiary/aromatic N) is 1. The Kier molecular flexibility index (Phi) is 4.42. The molecular weight excluding hydrogens is 228 g/mol. The van der Waals surface area contributed by atoms with E-state index < -0.39 is 0 Å². The summed E-state index contributed by atoms with van der Waals surface area (Å²) >= 11 is 3.36. The van der Waals surface area contributed by atoms with Gasteiger partial charge in [0.25, 0.3) is 0 Å². The first-order valence-electron chi connectivity index (χ1n) is 4.90. The van der Waals surface area contributed by atoms with Crippen molar-refractivity contribution in [3.63, 3.8) is 0 Å². The van der Waals surface area contributed by atoms with Crippen LogP contribution in [0, 0.1) is 0 Å². The molecule has 1 aliphatic heterocycles. The molecule has 0 aromatic heterocycles. The molecule has 1 atom stereocenters. The van der Waals surface area contributed by atoms with Crippen LogP contribution in [0.25, 0.3) is 0 Å². The first-order valence-corrected chi connectivity index (χ1v) is 5.69. The molecule has 1 fully saturated rings. The van der Waals surface area contributed by atoms with E-state index in [1.807, 2.05) is 0 Å². The molecular formula is C10H19BrN2. The van der Waals surface area contributed by atoms with Crippen LogP contribution in [-0.2, 0) is 0 Å². The highest BCUT2D eigenvalue weighted by Gasteiger charge is 2.23. The fourth-order valence-corrected chi connectivity index (χ4v) is 1.84. The Morgan fingerprint density at radius 1 is 1.69 bits per heavy atom. The molecule has 1 N–H and O–H groups in total. The summed E-state index contributed by atoms with van der Waals surface area (Å²) in [6, 6.07) is 1.33.